The zero-order valence-corrected chi connectivity index (χ0v) is 9.43. The molecule has 3 rings (SSSR count). The van der Waals surface area contributed by atoms with Gasteiger partial charge in [0.25, 0.3) is 6.43 Å². The van der Waals surface area contributed by atoms with Gasteiger partial charge >= 0.3 is 0 Å². The molecule has 0 atom stereocenters. The zero-order valence-electron chi connectivity index (χ0n) is 9.43. The summed E-state index contributed by atoms with van der Waals surface area (Å²) in [6, 6.07) is 0. The molecule has 0 saturated carbocycles. The van der Waals surface area contributed by atoms with Crippen molar-refractivity contribution < 1.29 is 8.78 Å². The van der Waals surface area contributed by atoms with E-state index in [4.69, 9.17) is 0 Å². The minimum absolute atomic E-state index is 0.251. The van der Waals surface area contributed by atoms with E-state index in [-0.39, 0.29) is 11.6 Å². The molecule has 19 heavy (non-hydrogen) atoms. The monoisotopic (exact) mass is 266 g/mol. The summed E-state index contributed by atoms with van der Waals surface area (Å²) in [5.41, 5.74) is 1.24. The third kappa shape index (κ3) is 2.19. The summed E-state index contributed by atoms with van der Waals surface area (Å²) in [6.45, 7) is -0.511. The van der Waals surface area contributed by atoms with Crippen LogP contribution < -0.4 is 5.32 Å². The minimum atomic E-state index is -2.48. The van der Waals surface area contributed by atoms with Gasteiger partial charge in [0, 0.05) is 0 Å². The number of nitrogens with one attached hydrogen (secondary N) is 3. The highest BCUT2D eigenvalue weighted by molar-refractivity contribution is 5.84. The quantitative estimate of drug-likeness (QED) is 0.645. The minimum Gasteiger partial charge on any atom is -0.362 e. The lowest BCUT2D eigenvalue weighted by Gasteiger charge is -2.06. The molecule has 0 aliphatic rings. The average Bonchev–Trinajstić information content (AvgIpc) is 3.05. The maximum absolute atomic E-state index is 12.3. The van der Waals surface area contributed by atoms with Crippen LogP contribution in [0.4, 0.5) is 14.6 Å². The van der Waals surface area contributed by atoms with Crippen LogP contribution in [0.2, 0.25) is 0 Å². The third-order valence-corrected chi connectivity index (χ3v) is 2.35. The van der Waals surface area contributed by atoms with Crippen molar-refractivity contribution in [2.75, 3.05) is 11.9 Å². The fourth-order valence-corrected chi connectivity index (χ4v) is 1.56. The van der Waals surface area contributed by atoms with E-state index in [9.17, 15) is 8.78 Å². The van der Waals surface area contributed by atoms with Gasteiger partial charge in [-0.1, -0.05) is 0 Å². The number of imidazole rings is 1. The van der Waals surface area contributed by atoms with Crippen molar-refractivity contribution in [3.05, 3.63) is 12.5 Å². The van der Waals surface area contributed by atoms with E-state index in [1.807, 2.05) is 0 Å². The molecular weight excluding hydrogens is 258 g/mol. The number of alkyl halides is 2. The van der Waals surface area contributed by atoms with Gasteiger partial charge < -0.3 is 10.3 Å². The highest BCUT2D eigenvalue weighted by Gasteiger charge is 2.14. The van der Waals surface area contributed by atoms with E-state index in [0.717, 1.165) is 0 Å². The Morgan fingerprint density at radius 2 is 2.21 bits per heavy atom. The molecule has 0 spiro atoms. The van der Waals surface area contributed by atoms with Crippen molar-refractivity contribution in [3.8, 4) is 11.5 Å². The summed E-state index contributed by atoms with van der Waals surface area (Å²) in [6.07, 6.45) is 0.368. The van der Waals surface area contributed by atoms with Crippen molar-refractivity contribution in [2.24, 2.45) is 0 Å². The molecule has 3 aromatic rings. The summed E-state index contributed by atoms with van der Waals surface area (Å²) in [4.78, 5) is 15.1. The second kappa shape index (κ2) is 4.55. The Morgan fingerprint density at radius 1 is 1.32 bits per heavy atom. The van der Waals surface area contributed by atoms with Gasteiger partial charge in [-0.3, -0.25) is 0 Å². The van der Waals surface area contributed by atoms with E-state index in [1.165, 1.54) is 12.5 Å². The Morgan fingerprint density at radius 3 is 2.95 bits per heavy atom. The molecule has 0 aliphatic carbocycles. The first-order valence-corrected chi connectivity index (χ1v) is 5.33. The fourth-order valence-electron chi connectivity index (χ4n) is 1.56. The van der Waals surface area contributed by atoms with E-state index in [0.29, 0.717) is 16.9 Å². The maximum Gasteiger partial charge on any atom is 0.255 e. The standard InChI is InChI=1S/C9H8F2N8/c10-5(11)2-12-8-6-9(14-3-13-6)17-7(16-8)4-1-15-19-18-4/h1,3,5H,2H2,(H,15,18,19)(H2,12,13,14,16,17). The Labute approximate surface area is 104 Å². The number of fused-ring (bicyclic) bond motifs is 1. The highest BCUT2D eigenvalue weighted by atomic mass is 19.3. The summed E-state index contributed by atoms with van der Waals surface area (Å²) in [7, 11) is 0. The first-order valence-electron chi connectivity index (χ1n) is 5.33. The lowest BCUT2D eigenvalue weighted by molar-refractivity contribution is 0.163. The van der Waals surface area contributed by atoms with Gasteiger partial charge in [-0.25, -0.2) is 23.7 Å². The molecule has 3 heterocycles. The number of hydrogen-bond acceptors (Lipinski definition) is 6. The number of rotatable bonds is 4. The summed E-state index contributed by atoms with van der Waals surface area (Å²) in [5.74, 6) is 0.505. The van der Waals surface area contributed by atoms with Crippen LogP contribution in [0, 0.1) is 0 Å². The van der Waals surface area contributed by atoms with Crippen LogP contribution in [0.25, 0.3) is 22.7 Å². The molecule has 0 aliphatic heterocycles. The highest BCUT2D eigenvalue weighted by Crippen LogP contribution is 2.20. The number of H-pyrrole nitrogens is 2. The van der Waals surface area contributed by atoms with Gasteiger partial charge in [-0.2, -0.15) is 15.4 Å². The Balaban J connectivity index is 2.05. The molecule has 0 amide bonds. The maximum atomic E-state index is 12.3. The lowest BCUT2D eigenvalue weighted by Crippen LogP contribution is -2.12. The van der Waals surface area contributed by atoms with Crippen LogP contribution in [0.5, 0.6) is 0 Å². The van der Waals surface area contributed by atoms with Gasteiger partial charge in [0.05, 0.1) is 19.1 Å². The topological polar surface area (TPSA) is 108 Å². The summed E-state index contributed by atoms with van der Waals surface area (Å²) < 4.78 is 24.5. The molecule has 3 N–H and O–H groups in total. The molecule has 0 radical (unpaired) electrons. The second-order valence-electron chi connectivity index (χ2n) is 3.62. The second-order valence-corrected chi connectivity index (χ2v) is 3.62. The van der Waals surface area contributed by atoms with Crippen molar-refractivity contribution >= 4 is 17.0 Å². The summed E-state index contributed by atoms with van der Waals surface area (Å²) >= 11 is 0. The molecule has 0 saturated heterocycles. The van der Waals surface area contributed by atoms with Crippen LogP contribution >= 0.6 is 0 Å². The molecule has 0 unspecified atom stereocenters. The van der Waals surface area contributed by atoms with E-state index < -0.39 is 13.0 Å². The lowest BCUT2D eigenvalue weighted by atomic mass is 10.4. The smallest absolute Gasteiger partial charge is 0.255 e. The van der Waals surface area contributed by atoms with Crippen molar-refractivity contribution in [1.82, 2.24) is 35.3 Å². The zero-order chi connectivity index (χ0) is 13.2. The molecular formula is C9H8F2N8. The molecule has 0 bridgehead atoms. The first-order chi connectivity index (χ1) is 9.24. The van der Waals surface area contributed by atoms with E-state index in [1.54, 1.807) is 0 Å². The molecule has 3 aromatic heterocycles. The van der Waals surface area contributed by atoms with Crippen molar-refractivity contribution in [1.29, 1.82) is 0 Å². The largest absolute Gasteiger partial charge is 0.362 e. The molecule has 10 heteroatoms. The van der Waals surface area contributed by atoms with Crippen LogP contribution in [0.3, 0.4) is 0 Å². The van der Waals surface area contributed by atoms with Gasteiger partial charge in [0.15, 0.2) is 17.3 Å². The van der Waals surface area contributed by atoms with Gasteiger partial charge in [-0.15, -0.1) is 0 Å². The Kier molecular flexibility index (Phi) is 2.74. The number of aromatic nitrogens is 7. The number of anilines is 1. The SMILES string of the molecule is FC(F)CNc1nc(-c2cn[nH]n2)nc2nc[nH]c12. The fraction of sp³-hybridized carbons (Fsp3) is 0.222. The number of nitrogens with zero attached hydrogens (tertiary/aromatic N) is 5. The van der Waals surface area contributed by atoms with Crippen LogP contribution in [-0.2, 0) is 0 Å². The van der Waals surface area contributed by atoms with Crippen molar-refractivity contribution in [3.63, 3.8) is 0 Å². The van der Waals surface area contributed by atoms with Crippen LogP contribution in [0.1, 0.15) is 0 Å². The molecule has 8 nitrogen and oxygen atoms in total. The predicted octanol–water partition coefficient (Wildman–Crippen LogP) is 0.815. The van der Waals surface area contributed by atoms with Crippen LogP contribution in [-0.4, -0.2) is 48.3 Å². The number of halogens is 2. The van der Waals surface area contributed by atoms with Gasteiger partial charge in [0.1, 0.15) is 11.2 Å². The van der Waals surface area contributed by atoms with E-state index >= 15 is 0 Å². The first kappa shape index (κ1) is 11.4. The predicted molar refractivity (Wildman–Crippen MR) is 61.6 cm³/mol. The van der Waals surface area contributed by atoms with Crippen molar-refractivity contribution in [2.45, 2.75) is 6.43 Å². The molecule has 0 aromatic carbocycles. The summed E-state index contributed by atoms with van der Waals surface area (Å²) in [5, 5.41) is 12.5. The van der Waals surface area contributed by atoms with E-state index in [2.05, 4.69) is 40.7 Å². The Bertz CT molecular complexity index is 677. The Hall–Kier alpha value is -2.65. The normalized spacial score (nSPS) is 11.3. The number of hydrogen-bond donors (Lipinski definition) is 3. The average molecular weight is 266 g/mol. The number of aromatic amines is 2. The molecule has 0 fully saturated rings. The molecule has 98 valence electrons. The van der Waals surface area contributed by atoms with Crippen LogP contribution in [0.15, 0.2) is 12.5 Å². The van der Waals surface area contributed by atoms with Gasteiger partial charge in [0.2, 0.25) is 0 Å². The van der Waals surface area contributed by atoms with Gasteiger partial charge in [-0.05, 0) is 0 Å². The third-order valence-electron chi connectivity index (χ3n) is 2.35.